The number of rotatable bonds is 7. The molecule has 6 heteroatoms. The van der Waals surface area contributed by atoms with Crippen LogP contribution in [-0.2, 0) is 13.2 Å². The minimum absolute atomic E-state index is 0.00139. The summed E-state index contributed by atoms with van der Waals surface area (Å²) >= 11 is 0. The summed E-state index contributed by atoms with van der Waals surface area (Å²) in [7, 11) is 1.86. The monoisotopic (exact) mass is 454 g/mol. The fraction of sp³-hybridized carbons (Fsp3) is 0.286. The van der Waals surface area contributed by atoms with Gasteiger partial charge in [0.15, 0.2) is 0 Å². The molecule has 1 saturated heterocycles. The molecule has 0 N–H and O–H groups in total. The van der Waals surface area contributed by atoms with Crippen LogP contribution in [0.1, 0.15) is 40.0 Å². The zero-order chi connectivity index (χ0) is 23.5. The minimum atomic E-state index is -0.00139. The molecule has 4 aromatic rings. The first-order valence-electron chi connectivity index (χ1n) is 11.8. The quantitative estimate of drug-likeness (QED) is 0.390. The Morgan fingerprint density at radius 3 is 2.56 bits per heavy atom. The number of carbonyl (C=O) groups excluding carboxylic acids is 1. The Hall–Kier alpha value is -3.80. The predicted molar refractivity (Wildman–Crippen MR) is 134 cm³/mol. The van der Waals surface area contributed by atoms with E-state index >= 15 is 0 Å². The average Bonchev–Trinajstić information content (AvgIpc) is 3.53. The van der Waals surface area contributed by atoms with Gasteiger partial charge in [-0.3, -0.25) is 4.79 Å². The molecule has 3 heterocycles. The van der Waals surface area contributed by atoms with Gasteiger partial charge in [-0.1, -0.05) is 24.3 Å². The molecular weight excluding hydrogens is 424 g/mol. The van der Waals surface area contributed by atoms with Crippen LogP contribution in [0.3, 0.4) is 0 Å². The molecule has 0 atom stereocenters. The van der Waals surface area contributed by atoms with Crippen molar-refractivity contribution in [1.29, 1.82) is 0 Å². The number of anilines is 1. The average molecular weight is 455 g/mol. The molecule has 34 heavy (non-hydrogen) atoms. The lowest BCUT2D eigenvalue weighted by atomic mass is 10.1. The van der Waals surface area contributed by atoms with Crippen molar-refractivity contribution >= 4 is 17.2 Å². The van der Waals surface area contributed by atoms with Crippen LogP contribution in [0.25, 0.3) is 5.65 Å². The number of carbonyl (C=O) groups is 1. The normalized spacial score (nSPS) is 13.4. The Labute approximate surface area is 200 Å². The highest BCUT2D eigenvalue weighted by Gasteiger charge is 2.18. The van der Waals surface area contributed by atoms with Gasteiger partial charge in [-0.15, -0.1) is 0 Å². The Kier molecular flexibility index (Phi) is 6.21. The second-order valence-corrected chi connectivity index (χ2v) is 9.00. The van der Waals surface area contributed by atoms with Gasteiger partial charge in [0.25, 0.3) is 5.91 Å². The van der Waals surface area contributed by atoms with Gasteiger partial charge in [-0.25, -0.2) is 4.98 Å². The maximum Gasteiger partial charge on any atom is 0.253 e. The van der Waals surface area contributed by atoms with Crippen LogP contribution in [0.2, 0.25) is 0 Å². The SMILES string of the molecule is Cc1ccc2nc(COc3ccc(C(=O)N(C)Cc4ccccc4N4CCCC4)cc3)cn2c1. The van der Waals surface area contributed by atoms with Gasteiger partial charge >= 0.3 is 0 Å². The number of hydrogen-bond donors (Lipinski definition) is 0. The van der Waals surface area contributed by atoms with Crippen molar-refractivity contribution in [3.8, 4) is 5.75 Å². The topological polar surface area (TPSA) is 50.1 Å². The first-order chi connectivity index (χ1) is 16.6. The smallest absolute Gasteiger partial charge is 0.253 e. The second kappa shape index (κ2) is 9.59. The first-order valence-corrected chi connectivity index (χ1v) is 11.8. The predicted octanol–water partition coefficient (Wildman–Crippen LogP) is 5.09. The lowest BCUT2D eigenvalue weighted by Crippen LogP contribution is -2.28. The standard InChI is InChI=1S/C28H30N4O2/c1-21-9-14-27-29-24(19-32(27)17-21)20-34-25-12-10-22(11-13-25)28(33)30(2)18-23-7-3-4-8-26(23)31-15-5-6-16-31/h3-4,7-14,17,19H,5-6,15-16,18,20H2,1-2H3. The molecule has 6 nitrogen and oxygen atoms in total. The van der Waals surface area contributed by atoms with Crippen molar-refractivity contribution < 1.29 is 9.53 Å². The third kappa shape index (κ3) is 4.76. The molecule has 174 valence electrons. The Morgan fingerprint density at radius 2 is 1.76 bits per heavy atom. The summed E-state index contributed by atoms with van der Waals surface area (Å²) in [6.07, 6.45) is 6.49. The molecule has 0 radical (unpaired) electrons. The van der Waals surface area contributed by atoms with E-state index in [2.05, 4.69) is 35.0 Å². The summed E-state index contributed by atoms with van der Waals surface area (Å²) in [6.45, 7) is 5.19. The van der Waals surface area contributed by atoms with Crippen LogP contribution in [0.4, 0.5) is 5.69 Å². The number of aromatic nitrogens is 2. The summed E-state index contributed by atoms with van der Waals surface area (Å²) in [5.41, 5.74) is 6.02. The first kappa shape index (κ1) is 22.0. The highest BCUT2D eigenvalue weighted by atomic mass is 16.5. The van der Waals surface area contributed by atoms with E-state index in [1.54, 1.807) is 4.90 Å². The molecule has 1 fully saturated rings. The van der Waals surface area contributed by atoms with Gasteiger partial charge < -0.3 is 18.9 Å². The lowest BCUT2D eigenvalue weighted by Gasteiger charge is -2.24. The summed E-state index contributed by atoms with van der Waals surface area (Å²) in [5, 5.41) is 0. The Bertz CT molecular complexity index is 1290. The maximum atomic E-state index is 13.1. The van der Waals surface area contributed by atoms with Gasteiger partial charge in [0.2, 0.25) is 0 Å². The molecular formula is C28H30N4O2. The van der Waals surface area contributed by atoms with E-state index in [4.69, 9.17) is 4.74 Å². The zero-order valence-corrected chi connectivity index (χ0v) is 19.8. The number of imidazole rings is 1. The van der Waals surface area contributed by atoms with Crippen LogP contribution in [0.5, 0.6) is 5.75 Å². The van der Waals surface area contributed by atoms with Crippen LogP contribution < -0.4 is 9.64 Å². The van der Waals surface area contributed by atoms with Crippen molar-refractivity contribution in [2.24, 2.45) is 0 Å². The molecule has 1 amide bonds. The fourth-order valence-corrected chi connectivity index (χ4v) is 4.53. The van der Waals surface area contributed by atoms with Gasteiger partial charge in [0.1, 0.15) is 18.0 Å². The molecule has 0 bridgehead atoms. The number of amides is 1. The van der Waals surface area contributed by atoms with E-state index in [1.165, 1.54) is 29.7 Å². The van der Waals surface area contributed by atoms with E-state index in [0.717, 1.165) is 24.4 Å². The van der Waals surface area contributed by atoms with Crippen LogP contribution in [-0.4, -0.2) is 40.3 Å². The Balaban J connectivity index is 1.21. The van der Waals surface area contributed by atoms with E-state index in [-0.39, 0.29) is 5.91 Å². The number of para-hydroxylation sites is 1. The zero-order valence-electron chi connectivity index (χ0n) is 19.8. The fourth-order valence-electron chi connectivity index (χ4n) is 4.53. The van der Waals surface area contributed by atoms with Crippen molar-refractivity contribution in [2.75, 3.05) is 25.0 Å². The number of ether oxygens (including phenoxy) is 1. The highest BCUT2D eigenvalue weighted by molar-refractivity contribution is 5.94. The number of pyridine rings is 1. The van der Waals surface area contributed by atoms with Gasteiger partial charge in [-0.2, -0.15) is 0 Å². The van der Waals surface area contributed by atoms with E-state index in [0.29, 0.717) is 24.5 Å². The minimum Gasteiger partial charge on any atom is -0.487 e. The molecule has 0 spiro atoms. The van der Waals surface area contributed by atoms with Crippen LogP contribution in [0, 0.1) is 6.92 Å². The van der Waals surface area contributed by atoms with Crippen molar-refractivity contribution in [1.82, 2.24) is 14.3 Å². The van der Waals surface area contributed by atoms with E-state index in [1.807, 2.05) is 66.3 Å². The van der Waals surface area contributed by atoms with Crippen molar-refractivity contribution in [3.05, 3.63) is 95.4 Å². The molecule has 2 aromatic carbocycles. The third-order valence-electron chi connectivity index (χ3n) is 6.33. The number of fused-ring (bicyclic) bond motifs is 1. The van der Waals surface area contributed by atoms with Gasteiger partial charge in [0, 0.05) is 50.3 Å². The van der Waals surface area contributed by atoms with E-state index < -0.39 is 0 Å². The molecule has 0 saturated carbocycles. The number of aryl methyl sites for hydroxylation is 1. The van der Waals surface area contributed by atoms with Crippen molar-refractivity contribution in [2.45, 2.75) is 32.9 Å². The molecule has 2 aromatic heterocycles. The van der Waals surface area contributed by atoms with E-state index in [9.17, 15) is 4.79 Å². The summed E-state index contributed by atoms with van der Waals surface area (Å²) in [4.78, 5) is 21.8. The molecule has 0 aliphatic carbocycles. The number of hydrogen-bond acceptors (Lipinski definition) is 4. The summed E-state index contributed by atoms with van der Waals surface area (Å²) < 4.78 is 7.92. The lowest BCUT2D eigenvalue weighted by molar-refractivity contribution is 0.0785. The number of benzene rings is 2. The largest absolute Gasteiger partial charge is 0.487 e. The number of nitrogens with zero attached hydrogens (tertiary/aromatic N) is 4. The summed E-state index contributed by atoms with van der Waals surface area (Å²) in [5.74, 6) is 0.713. The molecule has 5 rings (SSSR count). The van der Waals surface area contributed by atoms with Gasteiger partial charge in [-0.05, 0) is 67.3 Å². The molecule has 0 unspecified atom stereocenters. The molecule has 1 aliphatic heterocycles. The highest BCUT2D eigenvalue weighted by Crippen LogP contribution is 2.26. The molecule has 1 aliphatic rings. The van der Waals surface area contributed by atoms with Gasteiger partial charge in [0.05, 0.1) is 5.69 Å². The summed E-state index contributed by atoms with van der Waals surface area (Å²) in [6, 6.07) is 19.8. The Morgan fingerprint density at radius 1 is 1.00 bits per heavy atom. The maximum absolute atomic E-state index is 13.1. The van der Waals surface area contributed by atoms with Crippen LogP contribution >= 0.6 is 0 Å². The third-order valence-corrected chi connectivity index (χ3v) is 6.33. The van der Waals surface area contributed by atoms with Crippen molar-refractivity contribution in [3.63, 3.8) is 0 Å². The van der Waals surface area contributed by atoms with Crippen LogP contribution in [0.15, 0.2) is 73.1 Å². The second-order valence-electron chi connectivity index (χ2n) is 9.00.